The van der Waals surface area contributed by atoms with E-state index in [9.17, 15) is 14.4 Å². The Balaban J connectivity index is 1.70. The number of likely N-dealkylation sites (tertiary alicyclic amines) is 1. The number of ether oxygens (including phenoxy) is 1. The second-order valence-electron chi connectivity index (χ2n) is 10.5. The number of hydrogen-bond donors (Lipinski definition) is 0. The van der Waals surface area contributed by atoms with Crippen LogP contribution in [-0.4, -0.2) is 47.3 Å². The molecule has 0 spiro atoms. The van der Waals surface area contributed by atoms with E-state index in [0.717, 1.165) is 21.6 Å². The second kappa shape index (κ2) is 11.2. The minimum atomic E-state index is -0.940. The highest BCUT2D eigenvalue weighted by Crippen LogP contribution is 2.39. The molecule has 38 heavy (non-hydrogen) atoms. The number of ketones is 2. The summed E-state index contributed by atoms with van der Waals surface area (Å²) in [5.41, 5.74) is 3.13. The van der Waals surface area contributed by atoms with Gasteiger partial charge in [0.1, 0.15) is 5.75 Å². The van der Waals surface area contributed by atoms with Crippen molar-refractivity contribution < 1.29 is 19.1 Å². The minimum absolute atomic E-state index is 0.0411. The third kappa shape index (κ3) is 5.70. The van der Waals surface area contributed by atoms with Gasteiger partial charge in [-0.05, 0) is 81.8 Å². The van der Waals surface area contributed by atoms with Crippen LogP contribution < -0.4 is 4.74 Å². The van der Waals surface area contributed by atoms with Gasteiger partial charge in [-0.1, -0.05) is 42.5 Å². The summed E-state index contributed by atoms with van der Waals surface area (Å²) in [4.78, 5) is 42.2. The molecule has 1 aliphatic rings. The molecule has 0 unspecified atom stereocenters. The van der Waals surface area contributed by atoms with E-state index in [2.05, 4.69) is 0 Å². The van der Waals surface area contributed by atoms with E-state index in [1.54, 1.807) is 30.5 Å². The zero-order chi connectivity index (χ0) is 27.6. The van der Waals surface area contributed by atoms with E-state index in [0.29, 0.717) is 30.0 Å². The molecule has 1 saturated heterocycles. The van der Waals surface area contributed by atoms with E-state index in [1.807, 2.05) is 86.8 Å². The molecule has 0 saturated carbocycles. The third-order valence-corrected chi connectivity index (χ3v) is 8.20. The fourth-order valence-corrected chi connectivity index (χ4v) is 5.40. The summed E-state index contributed by atoms with van der Waals surface area (Å²) in [5, 5.41) is 0. The molecule has 1 fully saturated rings. The molecular formula is C32H35NO4S. The predicted molar refractivity (Wildman–Crippen MR) is 152 cm³/mol. The van der Waals surface area contributed by atoms with Crippen molar-refractivity contribution in [3.63, 3.8) is 0 Å². The van der Waals surface area contributed by atoms with Gasteiger partial charge in [-0.3, -0.25) is 14.4 Å². The summed E-state index contributed by atoms with van der Waals surface area (Å²) >= 11 is 1.63. The van der Waals surface area contributed by atoms with Gasteiger partial charge in [0.25, 0.3) is 5.91 Å². The highest BCUT2D eigenvalue weighted by atomic mass is 32.2. The van der Waals surface area contributed by atoms with E-state index < -0.39 is 5.60 Å². The van der Waals surface area contributed by atoms with Crippen LogP contribution in [0.1, 0.15) is 64.1 Å². The van der Waals surface area contributed by atoms with Crippen LogP contribution in [0.25, 0.3) is 0 Å². The Morgan fingerprint density at radius 2 is 1.50 bits per heavy atom. The van der Waals surface area contributed by atoms with E-state index in [4.69, 9.17) is 4.74 Å². The largest absolute Gasteiger partial charge is 0.480 e. The minimum Gasteiger partial charge on any atom is -0.480 e. The molecule has 2 atom stereocenters. The Morgan fingerprint density at radius 1 is 0.895 bits per heavy atom. The zero-order valence-electron chi connectivity index (χ0n) is 22.9. The standard InChI is InChI=1S/C32H35NO4S/c1-20-16-25(17-21(2)30(20)37-32(4,5)22(3)34)27-18-33(31(36)24-10-8-7-9-11-24)19-28(27)29(35)23-12-14-26(38-6)15-13-23/h7-17,27-28H,18-19H2,1-6H3/t27-,28+/m1/s1. The molecule has 4 rings (SSSR count). The van der Waals surface area contributed by atoms with Gasteiger partial charge in [-0.2, -0.15) is 0 Å². The predicted octanol–water partition coefficient (Wildman–Crippen LogP) is 6.51. The third-order valence-electron chi connectivity index (χ3n) is 7.46. The van der Waals surface area contributed by atoms with Gasteiger partial charge in [0.15, 0.2) is 17.2 Å². The lowest BCUT2D eigenvalue weighted by Gasteiger charge is -2.27. The lowest BCUT2D eigenvalue weighted by Crippen LogP contribution is -2.36. The molecule has 3 aromatic rings. The van der Waals surface area contributed by atoms with Crippen molar-refractivity contribution in [3.05, 3.63) is 94.5 Å². The SMILES string of the molecule is CSc1ccc(C(=O)[C@H]2CN(C(=O)c3ccccc3)C[C@@H]2c2cc(C)c(OC(C)(C)C(C)=O)c(C)c2)cc1. The van der Waals surface area contributed by atoms with Crippen LogP contribution in [0, 0.1) is 19.8 Å². The molecule has 1 aliphatic heterocycles. The number of carbonyl (C=O) groups excluding carboxylic acids is 3. The van der Waals surface area contributed by atoms with Crippen LogP contribution in [0.5, 0.6) is 5.75 Å². The number of amides is 1. The van der Waals surface area contributed by atoms with E-state index >= 15 is 0 Å². The van der Waals surface area contributed by atoms with Gasteiger partial charge in [-0.15, -0.1) is 11.8 Å². The van der Waals surface area contributed by atoms with Gasteiger partial charge in [0.2, 0.25) is 0 Å². The monoisotopic (exact) mass is 529 g/mol. The fourth-order valence-electron chi connectivity index (χ4n) is 4.99. The van der Waals surface area contributed by atoms with Gasteiger partial charge >= 0.3 is 0 Å². The number of rotatable bonds is 8. The number of hydrogen-bond acceptors (Lipinski definition) is 5. The Hall–Kier alpha value is -3.38. The van der Waals surface area contributed by atoms with Gasteiger partial charge < -0.3 is 9.64 Å². The van der Waals surface area contributed by atoms with Crippen LogP contribution in [-0.2, 0) is 4.79 Å². The first-order valence-corrected chi connectivity index (χ1v) is 14.1. The quantitative estimate of drug-likeness (QED) is 0.246. The molecule has 198 valence electrons. The van der Waals surface area contributed by atoms with Crippen molar-refractivity contribution in [1.29, 1.82) is 0 Å². The van der Waals surface area contributed by atoms with Gasteiger partial charge in [0.05, 0.1) is 0 Å². The number of benzene rings is 3. The summed E-state index contributed by atoms with van der Waals surface area (Å²) < 4.78 is 6.14. The average Bonchev–Trinajstić information content (AvgIpc) is 3.36. The summed E-state index contributed by atoms with van der Waals surface area (Å²) in [6.07, 6.45) is 2.01. The second-order valence-corrected chi connectivity index (χ2v) is 11.4. The van der Waals surface area contributed by atoms with Crippen LogP contribution in [0.15, 0.2) is 71.6 Å². The Kier molecular flexibility index (Phi) is 8.12. The molecular weight excluding hydrogens is 494 g/mol. The van der Waals surface area contributed by atoms with Crippen LogP contribution in [0.4, 0.5) is 0 Å². The van der Waals surface area contributed by atoms with Crippen molar-refractivity contribution in [2.45, 2.75) is 51.0 Å². The van der Waals surface area contributed by atoms with Crippen LogP contribution >= 0.6 is 11.8 Å². The lowest BCUT2D eigenvalue weighted by molar-refractivity contribution is -0.129. The number of aryl methyl sites for hydroxylation is 2. The Bertz CT molecular complexity index is 1320. The fraction of sp³-hybridized carbons (Fsp3) is 0.344. The molecule has 0 aromatic heterocycles. The number of thioether (sulfide) groups is 1. The molecule has 1 heterocycles. The topological polar surface area (TPSA) is 63.7 Å². The molecule has 0 N–H and O–H groups in total. The molecule has 3 aromatic carbocycles. The molecule has 0 aliphatic carbocycles. The average molecular weight is 530 g/mol. The molecule has 5 nitrogen and oxygen atoms in total. The van der Waals surface area contributed by atoms with Crippen molar-refractivity contribution in [1.82, 2.24) is 4.90 Å². The molecule has 0 radical (unpaired) electrons. The van der Waals surface area contributed by atoms with Crippen molar-refractivity contribution in [2.75, 3.05) is 19.3 Å². The Morgan fingerprint density at radius 3 is 2.05 bits per heavy atom. The first-order chi connectivity index (χ1) is 18.0. The maximum absolute atomic E-state index is 13.8. The first-order valence-electron chi connectivity index (χ1n) is 12.9. The maximum Gasteiger partial charge on any atom is 0.253 e. The van der Waals surface area contributed by atoms with Crippen molar-refractivity contribution in [2.24, 2.45) is 5.92 Å². The summed E-state index contributed by atoms with van der Waals surface area (Å²) in [5.74, 6) is 0.0633. The highest BCUT2D eigenvalue weighted by molar-refractivity contribution is 7.98. The van der Waals surface area contributed by atoms with E-state index in [-0.39, 0.29) is 29.3 Å². The van der Waals surface area contributed by atoms with Gasteiger partial charge in [0, 0.05) is 40.9 Å². The smallest absolute Gasteiger partial charge is 0.253 e. The normalized spacial score (nSPS) is 17.4. The summed E-state index contributed by atoms with van der Waals surface area (Å²) in [6.45, 7) is 9.79. The maximum atomic E-state index is 13.8. The lowest BCUT2D eigenvalue weighted by atomic mass is 9.82. The van der Waals surface area contributed by atoms with Crippen LogP contribution in [0.3, 0.4) is 0 Å². The van der Waals surface area contributed by atoms with Crippen molar-refractivity contribution in [3.8, 4) is 5.75 Å². The number of Topliss-reactive ketones (excluding diaryl/α,β-unsaturated/α-hetero) is 2. The van der Waals surface area contributed by atoms with Crippen molar-refractivity contribution >= 4 is 29.2 Å². The molecule has 6 heteroatoms. The number of carbonyl (C=O) groups is 3. The highest BCUT2D eigenvalue weighted by Gasteiger charge is 2.41. The van der Waals surface area contributed by atoms with Gasteiger partial charge in [-0.25, -0.2) is 0 Å². The van der Waals surface area contributed by atoms with Crippen LogP contribution in [0.2, 0.25) is 0 Å². The molecule has 1 amide bonds. The molecule has 0 bridgehead atoms. The Labute approximate surface area is 229 Å². The number of nitrogens with zero attached hydrogens (tertiary/aromatic N) is 1. The first kappa shape index (κ1) is 27.6. The zero-order valence-corrected chi connectivity index (χ0v) is 23.7. The summed E-state index contributed by atoms with van der Waals surface area (Å²) in [6, 6.07) is 21.0. The summed E-state index contributed by atoms with van der Waals surface area (Å²) in [7, 11) is 0. The van der Waals surface area contributed by atoms with E-state index in [1.165, 1.54) is 6.92 Å².